The van der Waals surface area contributed by atoms with Crippen molar-refractivity contribution in [3.63, 3.8) is 0 Å². The number of nitrogens with zero attached hydrogens (tertiary/aromatic N) is 2. The Morgan fingerprint density at radius 1 is 0.417 bits per heavy atom. The van der Waals surface area contributed by atoms with E-state index in [0.717, 1.165) is 32.5 Å². The predicted octanol–water partition coefficient (Wildman–Crippen LogP) is 17.2. The van der Waals surface area contributed by atoms with Crippen molar-refractivity contribution in [2.45, 2.75) is 181 Å². The molecule has 0 aliphatic rings. The van der Waals surface area contributed by atoms with Gasteiger partial charge in [0.05, 0.1) is 17.3 Å². The second-order valence-electron chi connectivity index (χ2n) is 13.7. The Hall–Kier alpha value is -0.120. The summed E-state index contributed by atoms with van der Waals surface area (Å²) in [5, 5.41) is 2.29. The van der Waals surface area contributed by atoms with Crippen molar-refractivity contribution in [1.82, 2.24) is 9.97 Å². The Bertz CT molecular complexity index is 1280. The van der Waals surface area contributed by atoms with E-state index in [9.17, 15) is 0 Å². The molecule has 0 radical (unpaired) electrons. The van der Waals surface area contributed by atoms with Crippen molar-refractivity contribution in [2.24, 2.45) is 0 Å². The summed E-state index contributed by atoms with van der Waals surface area (Å²) in [5.41, 5.74) is 2.90. The molecule has 268 valence electrons. The number of aryl methyl sites for hydroxylation is 2. The van der Waals surface area contributed by atoms with E-state index in [1.165, 1.54) is 183 Å². The Morgan fingerprint density at radius 3 is 1.02 bits per heavy atom. The van der Waals surface area contributed by atoms with Gasteiger partial charge in [-0.05, 0) is 80.8 Å². The number of thiazole rings is 2. The topological polar surface area (TPSA) is 25.8 Å². The van der Waals surface area contributed by atoms with Gasteiger partial charge in [0, 0.05) is 0 Å². The van der Waals surface area contributed by atoms with Gasteiger partial charge in [0.15, 0.2) is 9.66 Å². The van der Waals surface area contributed by atoms with Gasteiger partial charge in [-0.1, -0.05) is 178 Å². The number of hydrogen-bond acceptors (Lipinski definition) is 6. The highest BCUT2D eigenvalue weighted by molar-refractivity contribution is 9.11. The van der Waals surface area contributed by atoms with Crippen molar-refractivity contribution in [3.05, 3.63) is 30.8 Å². The van der Waals surface area contributed by atoms with Crippen molar-refractivity contribution in [1.29, 1.82) is 0 Å². The molecule has 0 spiro atoms. The lowest BCUT2D eigenvalue weighted by atomic mass is 10.0. The molecular formula is C40H60Br2N2S4. The summed E-state index contributed by atoms with van der Waals surface area (Å²) in [6, 6.07) is 4.66. The molecule has 0 N–H and O–H groups in total. The molecule has 2 nitrogen and oxygen atoms in total. The summed E-state index contributed by atoms with van der Waals surface area (Å²) in [7, 11) is 0. The van der Waals surface area contributed by atoms with Gasteiger partial charge in [0.2, 0.25) is 0 Å². The number of hydrogen-bond donors (Lipinski definition) is 0. The Morgan fingerprint density at radius 2 is 0.708 bits per heavy atom. The first kappa shape index (κ1) is 40.6. The van der Waals surface area contributed by atoms with Crippen LogP contribution in [0.5, 0.6) is 0 Å². The van der Waals surface area contributed by atoms with E-state index < -0.39 is 0 Å². The Kier molecular flexibility index (Phi) is 20.5. The fourth-order valence-electron chi connectivity index (χ4n) is 6.67. The van der Waals surface area contributed by atoms with E-state index in [-0.39, 0.29) is 0 Å². The first-order chi connectivity index (χ1) is 23.6. The van der Waals surface area contributed by atoms with E-state index in [4.69, 9.17) is 9.97 Å². The standard InChI is InChI=1S/C40H60Br2N2S4/c1-3-5-7-9-11-13-15-17-19-21-23-25-27-31-29-33(41)45-35(31)37-43-39-40(47-37)44-38(48-39)36-32(30-34(42)46-36)28-26-24-22-20-18-16-14-12-10-8-6-4-2/h29-30H,3-28H2,1-2H3. The fraction of sp³-hybridized carbons (Fsp3) is 0.700. The SMILES string of the molecule is CCCCCCCCCCCCCCc1cc(Br)sc1-c1nc2sc(-c3sc(Br)cc3CCCCCCCCCCCCCC)nc2s1. The number of fused-ring (bicyclic) bond motifs is 1. The van der Waals surface area contributed by atoms with Gasteiger partial charge in [-0.25, -0.2) is 9.97 Å². The van der Waals surface area contributed by atoms with Crippen LogP contribution in [0.25, 0.3) is 29.4 Å². The first-order valence-electron chi connectivity index (χ1n) is 19.4. The van der Waals surface area contributed by atoms with Gasteiger partial charge < -0.3 is 0 Å². The van der Waals surface area contributed by atoms with Crippen molar-refractivity contribution >= 4 is 86.9 Å². The average Bonchev–Trinajstić information content (AvgIpc) is 3.84. The molecular weight excluding hydrogens is 797 g/mol. The maximum atomic E-state index is 5.14. The maximum Gasteiger partial charge on any atom is 0.155 e. The fourth-order valence-corrected chi connectivity index (χ4v) is 12.3. The molecule has 0 bridgehead atoms. The zero-order valence-electron chi connectivity index (χ0n) is 29.8. The maximum absolute atomic E-state index is 5.14. The molecule has 0 aromatic carbocycles. The zero-order chi connectivity index (χ0) is 33.8. The highest BCUT2D eigenvalue weighted by Gasteiger charge is 2.20. The molecule has 4 heterocycles. The van der Waals surface area contributed by atoms with E-state index in [1.807, 2.05) is 22.7 Å². The van der Waals surface area contributed by atoms with Gasteiger partial charge in [0.25, 0.3) is 0 Å². The first-order valence-corrected chi connectivity index (χ1v) is 24.3. The molecule has 0 saturated heterocycles. The molecule has 4 aromatic heterocycles. The number of rotatable bonds is 28. The number of thiophene rings is 2. The van der Waals surface area contributed by atoms with Crippen LogP contribution in [0.2, 0.25) is 0 Å². The molecule has 0 aliphatic heterocycles. The molecule has 4 aromatic rings. The molecule has 0 fully saturated rings. The highest BCUT2D eigenvalue weighted by Crippen LogP contribution is 2.44. The smallest absolute Gasteiger partial charge is 0.155 e. The lowest BCUT2D eigenvalue weighted by Gasteiger charge is -2.04. The van der Waals surface area contributed by atoms with E-state index >= 15 is 0 Å². The number of halogens is 2. The van der Waals surface area contributed by atoms with Gasteiger partial charge >= 0.3 is 0 Å². The van der Waals surface area contributed by atoms with Gasteiger partial charge in [-0.2, -0.15) is 0 Å². The van der Waals surface area contributed by atoms with Crippen molar-refractivity contribution < 1.29 is 0 Å². The van der Waals surface area contributed by atoms with E-state index in [1.54, 1.807) is 22.7 Å². The van der Waals surface area contributed by atoms with Gasteiger partial charge in [0.1, 0.15) is 10.0 Å². The van der Waals surface area contributed by atoms with Crippen LogP contribution in [-0.2, 0) is 12.8 Å². The quantitative estimate of drug-likeness (QED) is 0.0532. The lowest BCUT2D eigenvalue weighted by molar-refractivity contribution is 0.544. The van der Waals surface area contributed by atoms with Crippen LogP contribution in [0.1, 0.15) is 179 Å². The Labute approximate surface area is 325 Å². The minimum absolute atomic E-state index is 1.09. The third-order valence-corrected chi connectivity index (χ3v) is 15.2. The zero-order valence-corrected chi connectivity index (χ0v) is 36.3. The number of aromatic nitrogens is 2. The lowest BCUT2D eigenvalue weighted by Crippen LogP contribution is -1.87. The normalized spacial score (nSPS) is 11.8. The third kappa shape index (κ3) is 14.5. The Balaban J connectivity index is 1.18. The summed E-state index contributed by atoms with van der Waals surface area (Å²) in [6.45, 7) is 4.60. The summed E-state index contributed by atoms with van der Waals surface area (Å²) >= 11 is 14.8. The second kappa shape index (κ2) is 24.2. The van der Waals surface area contributed by atoms with Crippen molar-refractivity contribution in [3.8, 4) is 19.8 Å². The largest absolute Gasteiger partial charge is 0.222 e. The number of unbranched alkanes of at least 4 members (excludes halogenated alkanes) is 22. The van der Waals surface area contributed by atoms with Gasteiger partial charge in [-0.15, -0.1) is 22.7 Å². The van der Waals surface area contributed by atoms with Crippen LogP contribution in [0.15, 0.2) is 19.7 Å². The molecule has 4 rings (SSSR count). The van der Waals surface area contributed by atoms with Crippen LogP contribution in [0.3, 0.4) is 0 Å². The average molecular weight is 857 g/mol. The summed E-state index contributed by atoms with van der Waals surface area (Å²) in [4.78, 5) is 15.1. The summed E-state index contributed by atoms with van der Waals surface area (Å²) in [5.74, 6) is 0. The van der Waals surface area contributed by atoms with Crippen LogP contribution in [-0.4, -0.2) is 9.97 Å². The summed E-state index contributed by atoms with van der Waals surface area (Å²) < 4.78 is 2.43. The minimum atomic E-state index is 1.09. The minimum Gasteiger partial charge on any atom is -0.222 e. The summed E-state index contributed by atoms with van der Waals surface area (Å²) in [6.07, 6.45) is 35.7. The van der Waals surface area contributed by atoms with Gasteiger partial charge in [-0.3, -0.25) is 0 Å². The molecule has 48 heavy (non-hydrogen) atoms. The van der Waals surface area contributed by atoms with Crippen molar-refractivity contribution in [2.75, 3.05) is 0 Å². The van der Waals surface area contributed by atoms with Crippen LogP contribution in [0, 0.1) is 0 Å². The molecule has 8 heteroatoms. The third-order valence-electron chi connectivity index (χ3n) is 9.52. The van der Waals surface area contributed by atoms with E-state index in [2.05, 4.69) is 57.8 Å². The van der Waals surface area contributed by atoms with Crippen LogP contribution < -0.4 is 0 Å². The predicted molar refractivity (Wildman–Crippen MR) is 227 cm³/mol. The second-order valence-corrected chi connectivity index (χ2v) is 20.6. The molecule has 0 unspecified atom stereocenters. The van der Waals surface area contributed by atoms with Crippen LogP contribution >= 0.6 is 77.2 Å². The molecule has 0 amide bonds. The van der Waals surface area contributed by atoms with Crippen LogP contribution in [0.4, 0.5) is 0 Å². The molecule has 0 atom stereocenters. The monoisotopic (exact) mass is 854 g/mol. The van der Waals surface area contributed by atoms with E-state index in [0.29, 0.717) is 0 Å². The molecule has 0 aliphatic carbocycles. The highest BCUT2D eigenvalue weighted by atomic mass is 79.9. The molecule has 0 saturated carbocycles.